The predicted octanol–water partition coefficient (Wildman–Crippen LogP) is 2.61. The summed E-state index contributed by atoms with van der Waals surface area (Å²) in [5, 5.41) is 9.18. The molecule has 0 aromatic heterocycles. The van der Waals surface area contributed by atoms with Crippen molar-refractivity contribution in [2.24, 2.45) is 5.41 Å². The van der Waals surface area contributed by atoms with Crippen LogP contribution in [0.3, 0.4) is 0 Å². The van der Waals surface area contributed by atoms with Crippen LogP contribution in [0.1, 0.15) is 47.0 Å². The van der Waals surface area contributed by atoms with Crippen LogP contribution >= 0.6 is 0 Å². The van der Waals surface area contributed by atoms with E-state index in [0.29, 0.717) is 19.0 Å². The molecule has 0 radical (unpaired) electrons. The maximum absolute atomic E-state index is 11.2. The Bertz CT molecular complexity index is 202. The number of hydrogen-bond acceptors (Lipinski definition) is 2. The van der Waals surface area contributed by atoms with Crippen LogP contribution in [-0.4, -0.2) is 35.6 Å². The lowest BCUT2D eigenvalue weighted by atomic mass is 9.86. The van der Waals surface area contributed by atoms with Gasteiger partial charge in [-0.05, 0) is 33.2 Å². The highest BCUT2D eigenvalue weighted by molar-refractivity contribution is 5.74. The van der Waals surface area contributed by atoms with Gasteiger partial charge in [0, 0.05) is 12.6 Å². The van der Waals surface area contributed by atoms with Crippen LogP contribution in [0.2, 0.25) is 0 Å². The Kier molecular flexibility index (Phi) is 5.88. The van der Waals surface area contributed by atoms with Crippen LogP contribution in [0.15, 0.2) is 0 Å². The molecule has 1 N–H and O–H groups in total. The molecule has 1 atom stereocenters. The molecule has 3 nitrogen and oxygen atoms in total. The summed E-state index contributed by atoms with van der Waals surface area (Å²) >= 11 is 0. The van der Waals surface area contributed by atoms with Gasteiger partial charge in [-0.15, -0.1) is 0 Å². The van der Waals surface area contributed by atoms with E-state index in [1.807, 2.05) is 20.9 Å². The third-order valence-electron chi connectivity index (χ3n) is 3.46. The Balaban J connectivity index is 4.48. The van der Waals surface area contributed by atoms with Gasteiger partial charge < -0.3 is 10.0 Å². The topological polar surface area (TPSA) is 40.5 Å². The molecular formula is C12H25NO2. The Morgan fingerprint density at radius 2 is 1.80 bits per heavy atom. The van der Waals surface area contributed by atoms with Gasteiger partial charge >= 0.3 is 5.97 Å². The molecule has 90 valence electrons. The molecule has 0 bridgehead atoms. The van der Waals surface area contributed by atoms with Gasteiger partial charge in [0.1, 0.15) is 0 Å². The van der Waals surface area contributed by atoms with Gasteiger partial charge in [-0.25, -0.2) is 0 Å². The van der Waals surface area contributed by atoms with E-state index in [1.54, 1.807) is 0 Å². The normalized spacial score (nSPS) is 15.7. The first-order chi connectivity index (χ1) is 6.91. The molecule has 0 saturated heterocycles. The van der Waals surface area contributed by atoms with Gasteiger partial charge in [0.15, 0.2) is 0 Å². The van der Waals surface area contributed by atoms with E-state index in [9.17, 15) is 9.90 Å². The number of hydrogen-bond donors (Lipinski definition) is 1. The van der Waals surface area contributed by atoms with Crippen molar-refractivity contribution in [2.45, 2.75) is 53.0 Å². The third kappa shape index (κ3) is 3.82. The molecule has 0 aliphatic heterocycles. The number of carboxylic acids is 1. The summed E-state index contributed by atoms with van der Waals surface area (Å²) < 4.78 is 0. The fourth-order valence-electron chi connectivity index (χ4n) is 1.92. The summed E-state index contributed by atoms with van der Waals surface area (Å²) in [6, 6.07) is 0.496. The largest absolute Gasteiger partial charge is 0.481 e. The van der Waals surface area contributed by atoms with E-state index in [0.717, 1.165) is 12.8 Å². The van der Waals surface area contributed by atoms with Crippen molar-refractivity contribution < 1.29 is 9.90 Å². The summed E-state index contributed by atoms with van der Waals surface area (Å²) in [6.45, 7) is 8.69. The average molecular weight is 215 g/mol. The fourth-order valence-corrected chi connectivity index (χ4v) is 1.92. The first-order valence-electron chi connectivity index (χ1n) is 5.84. The second-order valence-corrected chi connectivity index (χ2v) is 4.60. The van der Waals surface area contributed by atoms with E-state index in [-0.39, 0.29) is 0 Å². The molecule has 0 aliphatic carbocycles. The SMILES string of the molecule is CCC(CC)N(C)CC(C)(CC)C(=O)O. The molecule has 0 aromatic carbocycles. The summed E-state index contributed by atoms with van der Waals surface area (Å²) in [5.74, 6) is -0.692. The second kappa shape index (κ2) is 6.11. The lowest BCUT2D eigenvalue weighted by molar-refractivity contribution is -0.149. The zero-order valence-corrected chi connectivity index (χ0v) is 10.7. The molecule has 0 aromatic rings. The molecular weight excluding hydrogens is 190 g/mol. The molecule has 0 heterocycles. The van der Waals surface area contributed by atoms with Gasteiger partial charge in [0.2, 0.25) is 0 Å². The second-order valence-electron chi connectivity index (χ2n) is 4.60. The van der Waals surface area contributed by atoms with Crippen LogP contribution in [-0.2, 0) is 4.79 Å². The number of nitrogens with zero attached hydrogens (tertiary/aromatic N) is 1. The van der Waals surface area contributed by atoms with Crippen molar-refractivity contribution in [3.63, 3.8) is 0 Å². The van der Waals surface area contributed by atoms with Gasteiger partial charge in [0.25, 0.3) is 0 Å². The summed E-state index contributed by atoms with van der Waals surface area (Å²) in [4.78, 5) is 13.3. The van der Waals surface area contributed by atoms with Crippen molar-refractivity contribution >= 4 is 5.97 Å². The molecule has 3 heteroatoms. The number of carboxylic acid groups (broad SMARTS) is 1. The molecule has 15 heavy (non-hydrogen) atoms. The van der Waals surface area contributed by atoms with Gasteiger partial charge in [-0.1, -0.05) is 20.8 Å². The standard InChI is InChI=1S/C12H25NO2/c1-6-10(7-2)13(5)9-12(4,8-3)11(14)15/h10H,6-9H2,1-5H3,(H,14,15). The zero-order valence-electron chi connectivity index (χ0n) is 10.7. The van der Waals surface area contributed by atoms with Gasteiger partial charge in [-0.2, -0.15) is 0 Å². The monoisotopic (exact) mass is 215 g/mol. The van der Waals surface area contributed by atoms with Crippen molar-refractivity contribution in [1.82, 2.24) is 4.90 Å². The Labute approximate surface area is 93.5 Å². The number of aliphatic carboxylic acids is 1. The van der Waals surface area contributed by atoms with Crippen LogP contribution in [0.25, 0.3) is 0 Å². The first-order valence-corrected chi connectivity index (χ1v) is 5.84. The molecule has 1 unspecified atom stereocenters. The Hall–Kier alpha value is -0.570. The molecule has 0 amide bonds. The highest BCUT2D eigenvalue weighted by Crippen LogP contribution is 2.24. The molecule has 0 fully saturated rings. The quantitative estimate of drug-likeness (QED) is 0.709. The molecule has 0 aliphatic rings. The van der Waals surface area contributed by atoms with Crippen LogP contribution in [0.4, 0.5) is 0 Å². The lowest BCUT2D eigenvalue weighted by Gasteiger charge is -2.33. The summed E-state index contributed by atoms with van der Waals surface area (Å²) in [6.07, 6.45) is 2.83. The maximum Gasteiger partial charge on any atom is 0.310 e. The highest BCUT2D eigenvalue weighted by Gasteiger charge is 2.33. The van der Waals surface area contributed by atoms with E-state index >= 15 is 0 Å². The zero-order chi connectivity index (χ0) is 12.1. The van der Waals surface area contributed by atoms with Crippen LogP contribution in [0, 0.1) is 5.41 Å². The Morgan fingerprint density at radius 1 is 1.33 bits per heavy atom. The van der Waals surface area contributed by atoms with Crippen molar-refractivity contribution in [2.75, 3.05) is 13.6 Å². The average Bonchev–Trinajstić information content (AvgIpc) is 2.19. The van der Waals surface area contributed by atoms with Gasteiger partial charge in [-0.3, -0.25) is 4.79 Å². The van der Waals surface area contributed by atoms with Crippen molar-refractivity contribution in [3.05, 3.63) is 0 Å². The summed E-state index contributed by atoms with van der Waals surface area (Å²) in [7, 11) is 2.02. The number of carbonyl (C=O) groups is 1. The van der Waals surface area contributed by atoms with Crippen LogP contribution in [0.5, 0.6) is 0 Å². The van der Waals surface area contributed by atoms with Crippen LogP contribution < -0.4 is 0 Å². The van der Waals surface area contributed by atoms with E-state index < -0.39 is 11.4 Å². The minimum atomic E-state index is -0.692. The first kappa shape index (κ1) is 14.4. The number of rotatable bonds is 7. The maximum atomic E-state index is 11.2. The van der Waals surface area contributed by atoms with E-state index in [4.69, 9.17) is 0 Å². The van der Waals surface area contributed by atoms with Crippen molar-refractivity contribution in [3.8, 4) is 0 Å². The summed E-state index contributed by atoms with van der Waals surface area (Å²) in [5.41, 5.74) is -0.614. The molecule has 0 saturated carbocycles. The van der Waals surface area contributed by atoms with E-state index in [1.165, 1.54) is 0 Å². The minimum Gasteiger partial charge on any atom is -0.481 e. The van der Waals surface area contributed by atoms with Gasteiger partial charge in [0.05, 0.1) is 5.41 Å². The minimum absolute atomic E-state index is 0.496. The lowest BCUT2D eigenvalue weighted by Crippen LogP contribution is -2.43. The van der Waals surface area contributed by atoms with Crippen molar-refractivity contribution in [1.29, 1.82) is 0 Å². The highest BCUT2D eigenvalue weighted by atomic mass is 16.4. The predicted molar refractivity (Wildman–Crippen MR) is 63.0 cm³/mol. The third-order valence-corrected chi connectivity index (χ3v) is 3.46. The fraction of sp³-hybridized carbons (Fsp3) is 0.917. The molecule has 0 spiro atoms. The Morgan fingerprint density at radius 3 is 2.07 bits per heavy atom. The smallest absolute Gasteiger partial charge is 0.310 e. The molecule has 0 rings (SSSR count). The van der Waals surface area contributed by atoms with E-state index in [2.05, 4.69) is 18.7 Å².